The number of ether oxygens (including phenoxy) is 3. The molecule has 4 aromatic carbocycles. The average Bonchev–Trinajstić information content (AvgIpc) is 3.62. The Hall–Kier alpha value is -4.67. The minimum atomic E-state index is -4.72. The summed E-state index contributed by atoms with van der Waals surface area (Å²) in [7, 11) is -4.70. The molecule has 5 rings (SSSR count). The maximum atomic E-state index is 15.3. The summed E-state index contributed by atoms with van der Waals surface area (Å²) in [5.41, 5.74) is 8.03. The molecule has 0 radical (unpaired) electrons. The Labute approximate surface area is 327 Å². The van der Waals surface area contributed by atoms with Gasteiger partial charge in [0.1, 0.15) is 27.0 Å². The molecule has 1 aliphatic heterocycles. The molecular formula is C35H40IN7O9S2. The zero-order valence-corrected chi connectivity index (χ0v) is 33.5. The molecule has 0 saturated carbocycles. The van der Waals surface area contributed by atoms with Crippen molar-refractivity contribution in [1.82, 2.24) is 30.4 Å². The number of carboxylic acid groups (broad SMARTS) is 1. The van der Waals surface area contributed by atoms with Crippen LogP contribution in [0.1, 0.15) is 29.2 Å². The Kier molecular flexibility index (Phi) is 13.2. The van der Waals surface area contributed by atoms with Gasteiger partial charge in [-0.25, -0.2) is 31.9 Å². The van der Waals surface area contributed by atoms with E-state index in [4.69, 9.17) is 19.3 Å². The van der Waals surface area contributed by atoms with Crippen LogP contribution in [0, 0.1) is 3.57 Å². The molecule has 0 fully saturated rings. The van der Waals surface area contributed by atoms with E-state index in [1.54, 1.807) is 67.8 Å². The summed E-state index contributed by atoms with van der Waals surface area (Å²) >= 11 is 1.95. The molecule has 0 aliphatic carbocycles. The fourth-order valence-corrected chi connectivity index (χ4v) is 9.85. The second-order valence-corrected chi connectivity index (χ2v) is 16.8. The Balaban J connectivity index is 1.62. The third-order valence-corrected chi connectivity index (χ3v) is 12.6. The number of amides is 1. The molecule has 1 atom stereocenters. The Bertz CT molecular complexity index is 2140. The van der Waals surface area contributed by atoms with Crippen molar-refractivity contribution in [3.05, 3.63) is 111 Å². The maximum absolute atomic E-state index is 15.3. The summed E-state index contributed by atoms with van der Waals surface area (Å²) in [5.74, 6) is 1.88. The third kappa shape index (κ3) is 9.89. The van der Waals surface area contributed by atoms with E-state index < -0.39 is 42.0 Å². The Morgan fingerprint density at radius 3 is 1.81 bits per heavy atom. The van der Waals surface area contributed by atoms with E-state index in [9.17, 15) is 13.2 Å². The van der Waals surface area contributed by atoms with Gasteiger partial charge in [-0.2, -0.15) is 4.31 Å². The lowest BCUT2D eigenvalue weighted by Crippen LogP contribution is -2.43. The van der Waals surface area contributed by atoms with E-state index in [2.05, 4.69) is 26.1 Å². The summed E-state index contributed by atoms with van der Waals surface area (Å²) in [4.78, 5) is 10.1. The molecule has 4 aromatic rings. The zero-order valence-electron chi connectivity index (χ0n) is 29.7. The highest BCUT2D eigenvalue weighted by molar-refractivity contribution is 14.1. The van der Waals surface area contributed by atoms with E-state index >= 15 is 8.42 Å². The summed E-state index contributed by atoms with van der Waals surface area (Å²) in [6.07, 6.45) is -1.34. The van der Waals surface area contributed by atoms with Crippen LogP contribution in [0.3, 0.4) is 0 Å². The number of nitrogens with one attached hydrogen (secondary N) is 4. The number of halogens is 1. The molecule has 0 spiro atoms. The van der Waals surface area contributed by atoms with E-state index in [1.807, 2.05) is 34.7 Å². The number of rotatable bonds is 17. The van der Waals surface area contributed by atoms with Gasteiger partial charge in [-0.1, -0.05) is 36.4 Å². The molecule has 16 nitrogen and oxygen atoms in total. The highest BCUT2D eigenvalue weighted by atomic mass is 127. The van der Waals surface area contributed by atoms with E-state index in [-0.39, 0.29) is 37.6 Å². The second kappa shape index (κ2) is 17.6. The minimum absolute atomic E-state index is 0.00868. The van der Waals surface area contributed by atoms with E-state index in [1.165, 1.54) is 42.7 Å². The van der Waals surface area contributed by atoms with Crippen molar-refractivity contribution >= 4 is 54.6 Å². The van der Waals surface area contributed by atoms with Gasteiger partial charge < -0.3 is 24.6 Å². The van der Waals surface area contributed by atoms with Crippen molar-refractivity contribution in [2.24, 2.45) is 5.10 Å². The summed E-state index contributed by atoms with van der Waals surface area (Å²) in [6.45, 7) is 1.12. The van der Waals surface area contributed by atoms with Gasteiger partial charge in [0.2, 0.25) is 20.0 Å². The largest absolute Gasteiger partial charge is 0.497 e. The first-order valence-corrected chi connectivity index (χ1v) is 20.3. The number of hydrogen-bond acceptors (Lipinski definition) is 12. The second-order valence-electron chi connectivity index (χ2n) is 12.0. The number of hydrogen-bond donors (Lipinski definition) is 5. The predicted octanol–water partition coefficient (Wildman–Crippen LogP) is 3.83. The molecule has 288 valence electrons. The predicted molar refractivity (Wildman–Crippen MR) is 209 cm³/mol. The van der Waals surface area contributed by atoms with Crippen molar-refractivity contribution in [1.29, 1.82) is 0 Å². The van der Waals surface area contributed by atoms with Crippen LogP contribution in [0.2, 0.25) is 0 Å². The summed E-state index contributed by atoms with van der Waals surface area (Å²) in [5, 5.41) is 17.3. The first-order valence-electron chi connectivity index (χ1n) is 16.3. The monoisotopic (exact) mass is 893 g/mol. The number of benzene rings is 4. The molecule has 54 heavy (non-hydrogen) atoms. The molecular weight excluding hydrogens is 853 g/mol. The van der Waals surface area contributed by atoms with Crippen molar-refractivity contribution in [2.45, 2.75) is 42.4 Å². The van der Waals surface area contributed by atoms with Crippen LogP contribution in [-0.4, -0.2) is 77.2 Å². The number of carbonyl (C=O) groups is 1. The fourth-order valence-electron chi connectivity index (χ4n) is 5.41. The zero-order chi connectivity index (χ0) is 39.0. The lowest BCUT2D eigenvalue weighted by molar-refractivity contribution is 0.170. The number of amidine groups is 1. The van der Waals surface area contributed by atoms with Gasteiger partial charge in [0, 0.05) is 29.2 Å². The highest BCUT2D eigenvalue weighted by Crippen LogP contribution is 2.34. The standard InChI is InChI=1S/C35H40IN7O9S2/c1-23(38-35(44)45)19-37-53(46,47)31-18-17-30(36)32(34-39-41-43(40-34)22-26-9-15-29(52-4)16-10-26)33(31)54(48,49)42(20-24-5-11-27(50-2)12-6-24)21-25-7-13-28(51-3)14-8-25/h5-18,23,37-38,41H,19-22H2,1-4H3,(H,39,40)(H,44,45). The van der Waals surface area contributed by atoms with Crippen molar-refractivity contribution in [3.8, 4) is 17.2 Å². The van der Waals surface area contributed by atoms with Gasteiger partial charge in [-0.05, 0) is 94.7 Å². The van der Waals surface area contributed by atoms with Crippen LogP contribution >= 0.6 is 22.6 Å². The minimum Gasteiger partial charge on any atom is -0.497 e. The highest BCUT2D eigenvalue weighted by Gasteiger charge is 2.38. The van der Waals surface area contributed by atoms with Crippen LogP contribution in [0.5, 0.6) is 17.2 Å². The normalized spacial score (nSPS) is 13.8. The molecule has 0 saturated heterocycles. The van der Waals surface area contributed by atoms with Crippen LogP contribution in [-0.2, 0) is 39.7 Å². The smallest absolute Gasteiger partial charge is 0.404 e. The number of hydrazone groups is 1. The topological polar surface area (TPSA) is 200 Å². The lowest BCUT2D eigenvalue weighted by Gasteiger charge is -2.26. The third-order valence-electron chi connectivity index (χ3n) is 8.20. The first-order chi connectivity index (χ1) is 25.7. The molecule has 5 N–H and O–H groups in total. The van der Waals surface area contributed by atoms with Crippen molar-refractivity contribution in [3.63, 3.8) is 0 Å². The van der Waals surface area contributed by atoms with Crippen LogP contribution < -0.4 is 35.2 Å². The number of hydrazine groups is 2. The van der Waals surface area contributed by atoms with Gasteiger partial charge in [0.25, 0.3) is 0 Å². The Morgan fingerprint density at radius 1 is 0.833 bits per heavy atom. The van der Waals surface area contributed by atoms with E-state index in [0.29, 0.717) is 31.9 Å². The van der Waals surface area contributed by atoms with Crippen LogP contribution in [0.4, 0.5) is 4.79 Å². The molecule has 0 bridgehead atoms. The van der Waals surface area contributed by atoms with Gasteiger partial charge in [-0.15, -0.1) is 10.2 Å². The van der Waals surface area contributed by atoms with Gasteiger partial charge in [-0.3, -0.25) is 5.43 Å². The van der Waals surface area contributed by atoms with Gasteiger partial charge >= 0.3 is 6.09 Å². The summed E-state index contributed by atoms with van der Waals surface area (Å²) < 4.78 is 78.5. The Morgan fingerprint density at radius 2 is 1.33 bits per heavy atom. The fraction of sp³-hybridized carbons (Fsp3) is 0.257. The lowest BCUT2D eigenvalue weighted by atomic mass is 10.2. The number of nitrogens with zero attached hydrogens (tertiary/aromatic N) is 3. The van der Waals surface area contributed by atoms with Crippen molar-refractivity contribution in [2.75, 3.05) is 27.9 Å². The SMILES string of the molecule is COc1ccc(CN2NN=C(c3c(I)ccc(S(=O)(=O)NCC(C)NC(=O)O)c3S(=O)(=O)N(Cc3ccc(OC)cc3)Cc3ccc(OC)cc3)N2)cc1. The average molecular weight is 894 g/mol. The van der Waals surface area contributed by atoms with Gasteiger partial charge in [0.15, 0.2) is 5.84 Å². The van der Waals surface area contributed by atoms with Crippen LogP contribution in [0.25, 0.3) is 0 Å². The molecule has 19 heteroatoms. The van der Waals surface area contributed by atoms with E-state index in [0.717, 1.165) is 5.56 Å². The van der Waals surface area contributed by atoms with Gasteiger partial charge in [0.05, 0.1) is 33.4 Å². The number of sulfonamides is 2. The molecule has 1 aliphatic rings. The maximum Gasteiger partial charge on any atom is 0.404 e. The quantitative estimate of drug-likeness (QED) is 0.0962. The number of methoxy groups -OCH3 is 3. The molecule has 0 aromatic heterocycles. The van der Waals surface area contributed by atoms with Crippen molar-refractivity contribution < 1.29 is 40.9 Å². The van der Waals surface area contributed by atoms with Crippen LogP contribution in [0.15, 0.2) is 99.8 Å². The molecule has 1 amide bonds. The molecule has 1 unspecified atom stereocenters. The molecule has 1 heterocycles. The first kappa shape index (κ1) is 40.5. The summed E-state index contributed by atoms with van der Waals surface area (Å²) in [6, 6.07) is 22.9.